The lowest BCUT2D eigenvalue weighted by Gasteiger charge is -2.18. The maximum absolute atomic E-state index is 12.7. The van der Waals surface area contributed by atoms with Crippen molar-refractivity contribution in [3.63, 3.8) is 0 Å². The van der Waals surface area contributed by atoms with Crippen LogP contribution < -0.4 is 14.8 Å². The van der Waals surface area contributed by atoms with Crippen LogP contribution in [-0.2, 0) is 4.79 Å². The molecule has 6 nitrogen and oxygen atoms in total. The molecule has 27 heavy (non-hydrogen) atoms. The zero-order valence-electron chi connectivity index (χ0n) is 14.6. The van der Waals surface area contributed by atoms with E-state index in [-0.39, 0.29) is 18.4 Å². The highest BCUT2D eigenvalue weighted by Gasteiger charge is 2.21. The van der Waals surface area contributed by atoms with Gasteiger partial charge in [-0.3, -0.25) is 9.59 Å². The van der Waals surface area contributed by atoms with Crippen LogP contribution in [0.2, 0.25) is 10.0 Å². The van der Waals surface area contributed by atoms with Crippen LogP contribution in [0.5, 0.6) is 11.5 Å². The molecule has 3 rings (SSSR count). The van der Waals surface area contributed by atoms with Crippen molar-refractivity contribution < 1.29 is 19.1 Å². The van der Waals surface area contributed by atoms with Crippen molar-refractivity contribution in [2.24, 2.45) is 0 Å². The van der Waals surface area contributed by atoms with Gasteiger partial charge >= 0.3 is 0 Å². The molecule has 0 saturated carbocycles. The molecule has 2 aromatic carbocycles. The molecule has 0 saturated heterocycles. The number of anilines is 1. The highest BCUT2D eigenvalue weighted by atomic mass is 35.5. The van der Waals surface area contributed by atoms with Gasteiger partial charge in [-0.25, -0.2) is 0 Å². The Morgan fingerprint density at radius 3 is 2.63 bits per heavy atom. The predicted octanol–water partition coefficient (Wildman–Crippen LogP) is 3.87. The number of carbonyl (C=O) groups excluding carboxylic acids is 2. The van der Waals surface area contributed by atoms with Gasteiger partial charge in [0, 0.05) is 19.0 Å². The molecule has 8 heteroatoms. The van der Waals surface area contributed by atoms with Crippen LogP contribution in [0.15, 0.2) is 36.4 Å². The van der Waals surface area contributed by atoms with Crippen LogP contribution in [0.4, 0.5) is 5.69 Å². The number of hydrogen-bond donors (Lipinski definition) is 1. The van der Waals surface area contributed by atoms with E-state index in [1.165, 1.54) is 18.0 Å². The molecule has 142 valence electrons. The molecule has 0 spiro atoms. The Kier molecular flexibility index (Phi) is 6.08. The van der Waals surface area contributed by atoms with Crippen molar-refractivity contribution in [3.8, 4) is 11.5 Å². The van der Waals surface area contributed by atoms with E-state index in [4.69, 9.17) is 32.7 Å². The fourth-order valence-corrected chi connectivity index (χ4v) is 3.06. The average Bonchev–Trinajstić information content (AvgIpc) is 2.88. The van der Waals surface area contributed by atoms with E-state index in [0.29, 0.717) is 46.0 Å². The summed E-state index contributed by atoms with van der Waals surface area (Å²) in [6.07, 6.45) is 0.733. The van der Waals surface area contributed by atoms with Crippen LogP contribution in [0.25, 0.3) is 0 Å². The lowest BCUT2D eigenvalue weighted by molar-refractivity contribution is -0.116. The number of halogens is 2. The van der Waals surface area contributed by atoms with Gasteiger partial charge in [-0.05, 0) is 24.3 Å². The van der Waals surface area contributed by atoms with Crippen molar-refractivity contribution >= 4 is 40.7 Å². The second kappa shape index (κ2) is 8.50. The highest BCUT2D eigenvalue weighted by Crippen LogP contribution is 2.38. The topological polar surface area (TPSA) is 67.9 Å². The maximum Gasteiger partial charge on any atom is 0.254 e. The van der Waals surface area contributed by atoms with Gasteiger partial charge in [0.05, 0.1) is 35.5 Å². The fourth-order valence-electron chi connectivity index (χ4n) is 2.61. The van der Waals surface area contributed by atoms with Gasteiger partial charge in [-0.15, -0.1) is 0 Å². The lowest BCUT2D eigenvalue weighted by Crippen LogP contribution is -2.35. The van der Waals surface area contributed by atoms with Crippen molar-refractivity contribution in [3.05, 3.63) is 52.0 Å². The van der Waals surface area contributed by atoms with Crippen molar-refractivity contribution in [2.75, 3.05) is 32.1 Å². The van der Waals surface area contributed by atoms with Crippen LogP contribution in [0.3, 0.4) is 0 Å². The van der Waals surface area contributed by atoms with E-state index in [0.717, 1.165) is 6.42 Å². The third kappa shape index (κ3) is 4.64. The summed E-state index contributed by atoms with van der Waals surface area (Å²) in [5.74, 6) is 0.142. The number of nitrogens with one attached hydrogen (secondary N) is 1. The van der Waals surface area contributed by atoms with E-state index < -0.39 is 0 Å². The summed E-state index contributed by atoms with van der Waals surface area (Å²) in [6.45, 7) is 0.843. The van der Waals surface area contributed by atoms with Gasteiger partial charge in [0.2, 0.25) is 5.91 Å². The highest BCUT2D eigenvalue weighted by molar-refractivity contribution is 6.33. The molecule has 2 aromatic rings. The average molecular weight is 409 g/mol. The summed E-state index contributed by atoms with van der Waals surface area (Å²) in [5, 5.41) is 3.40. The molecule has 0 atom stereocenters. The first-order valence-corrected chi connectivity index (χ1v) is 9.10. The van der Waals surface area contributed by atoms with Gasteiger partial charge in [-0.2, -0.15) is 0 Å². The van der Waals surface area contributed by atoms with E-state index in [9.17, 15) is 9.59 Å². The van der Waals surface area contributed by atoms with Crippen molar-refractivity contribution in [1.29, 1.82) is 0 Å². The van der Waals surface area contributed by atoms with E-state index in [1.54, 1.807) is 30.3 Å². The second-order valence-electron chi connectivity index (χ2n) is 6.03. The standard InChI is InChI=1S/C19H18Cl2N2O4/c1-23(11-17(24)22-15-6-3-2-5-13(15)20)19(25)12-9-14(21)18-16(10-12)26-7-4-8-27-18/h2-3,5-6,9-10H,4,7-8,11H2,1H3,(H,22,24). The van der Waals surface area contributed by atoms with Gasteiger partial charge in [0.25, 0.3) is 5.91 Å². The lowest BCUT2D eigenvalue weighted by atomic mass is 10.1. The largest absolute Gasteiger partial charge is 0.489 e. The summed E-state index contributed by atoms with van der Waals surface area (Å²) in [4.78, 5) is 26.2. The summed E-state index contributed by atoms with van der Waals surface area (Å²) in [7, 11) is 1.53. The third-order valence-corrected chi connectivity index (χ3v) is 4.53. The Morgan fingerprint density at radius 2 is 1.85 bits per heavy atom. The number of hydrogen-bond acceptors (Lipinski definition) is 4. The molecule has 0 aliphatic carbocycles. The summed E-state index contributed by atoms with van der Waals surface area (Å²) >= 11 is 12.3. The smallest absolute Gasteiger partial charge is 0.254 e. The van der Waals surface area contributed by atoms with E-state index in [1.807, 2.05) is 0 Å². The molecule has 0 bridgehead atoms. The minimum Gasteiger partial charge on any atom is -0.489 e. The molecule has 1 aliphatic rings. The molecule has 1 aliphatic heterocycles. The number of amides is 2. The number of likely N-dealkylation sites (N-methyl/N-ethyl adjacent to an activating group) is 1. The first-order chi connectivity index (χ1) is 13.0. The maximum atomic E-state index is 12.7. The molecular formula is C19H18Cl2N2O4. The Labute approximate surface area is 167 Å². The number of carbonyl (C=O) groups is 2. The van der Waals surface area contributed by atoms with E-state index in [2.05, 4.69) is 5.32 Å². The van der Waals surface area contributed by atoms with Gasteiger partial charge in [0.15, 0.2) is 11.5 Å². The molecular weight excluding hydrogens is 391 g/mol. The van der Waals surface area contributed by atoms with Gasteiger partial charge in [-0.1, -0.05) is 35.3 Å². The molecule has 0 aromatic heterocycles. The second-order valence-corrected chi connectivity index (χ2v) is 6.84. The molecule has 0 fully saturated rings. The zero-order chi connectivity index (χ0) is 19.4. The summed E-state index contributed by atoms with van der Waals surface area (Å²) in [5.41, 5.74) is 0.806. The SMILES string of the molecule is CN(CC(=O)Nc1ccccc1Cl)C(=O)c1cc(Cl)c2c(c1)OCCCO2. The predicted molar refractivity (Wildman–Crippen MR) is 104 cm³/mol. The van der Waals surface area contributed by atoms with Crippen molar-refractivity contribution in [2.45, 2.75) is 6.42 Å². The van der Waals surface area contributed by atoms with Crippen LogP contribution in [0.1, 0.15) is 16.8 Å². The number of nitrogens with zero attached hydrogens (tertiary/aromatic N) is 1. The number of para-hydroxylation sites is 1. The molecule has 1 N–H and O–H groups in total. The Bertz CT molecular complexity index is 873. The number of rotatable bonds is 4. The molecule has 2 amide bonds. The molecule has 1 heterocycles. The fraction of sp³-hybridized carbons (Fsp3) is 0.263. The normalized spacial score (nSPS) is 12.9. The third-order valence-electron chi connectivity index (χ3n) is 3.92. The monoisotopic (exact) mass is 408 g/mol. The zero-order valence-corrected chi connectivity index (χ0v) is 16.1. The Balaban J connectivity index is 1.70. The minimum atomic E-state index is -0.362. The van der Waals surface area contributed by atoms with Crippen molar-refractivity contribution in [1.82, 2.24) is 4.90 Å². The minimum absolute atomic E-state index is 0.143. The number of ether oxygens (including phenoxy) is 2. The van der Waals surface area contributed by atoms with E-state index >= 15 is 0 Å². The van der Waals surface area contributed by atoms with Gasteiger partial charge in [0.1, 0.15) is 0 Å². The van der Waals surface area contributed by atoms with Gasteiger partial charge < -0.3 is 19.7 Å². The van der Waals surface area contributed by atoms with Crippen LogP contribution in [-0.4, -0.2) is 43.5 Å². The van der Waals surface area contributed by atoms with Crippen LogP contribution >= 0.6 is 23.2 Å². The summed E-state index contributed by atoms with van der Waals surface area (Å²) in [6, 6.07) is 9.98. The van der Waals surface area contributed by atoms with Crippen LogP contribution in [0, 0.1) is 0 Å². The number of benzene rings is 2. The first kappa shape index (κ1) is 19.3. The molecule has 0 radical (unpaired) electrons. The Morgan fingerprint density at radius 1 is 1.11 bits per heavy atom. The number of fused-ring (bicyclic) bond motifs is 1. The Hall–Kier alpha value is -2.44. The molecule has 0 unspecified atom stereocenters. The quantitative estimate of drug-likeness (QED) is 0.833. The summed E-state index contributed by atoms with van der Waals surface area (Å²) < 4.78 is 11.2. The first-order valence-electron chi connectivity index (χ1n) is 8.34.